The number of nitrogens with one attached hydrogen (secondary N) is 1. The summed E-state index contributed by atoms with van der Waals surface area (Å²) in [5, 5.41) is 3.33. The number of aldehydes is 1. The summed E-state index contributed by atoms with van der Waals surface area (Å²) in [6.07, 6.45) is 2.57. The van der Waals surface area contributed by atoms with Crippen molar-refractivity contribution in [2.24, 2.45) is 0 Å². The minimum Gasteiger partial charge on any atom is -0.487 e. The average molecular weight is 451 g/mol. The molecule has 2 rings (SSSR count). The maximum atomic E-state index is 13.1. The van der Waals surface area contributed by atoms with E-state index in [2.05, 4.69) is 5.32 Å². The van der Waals surface area contributed by atoms with Crippen LogP contribution >= 0.6 is 11.6 Å². The zero-order valence-electron chi connectivity index (χ0n) is 17.9. The van der Waals surface area contributed by atoms with Gasteiger partial charge >= 0.3 is 0 Å². The van der Waals surface area contributed by atoms with E-state index in [1.54, 1.807) is 18.2 Å². The molecule has 0 spiro atoms. The van der Waals surface area contributed by atoms with Gasteiger partial charge in [0, 0.05) is 32.0 Å². The van der Waals surface area contributed by atoms with Crippen molar-refractivity contribution in [2.45, 2.75) is 39.1 Å². The number of unbranched alkanes of at least 4 members (excludes halogenated alkanes) is 1. The molecule has 1 N–H and O–H groups in total. The van der Waals surface area contributed by atoms with Gasteiger partial charge in [-0.05, 0) is 24.1 Å². The number of halogens is 1. The molecular weight excluding hydrogens is 424 g/mol. The van der Waals surface area contributed by atoms with Crippen molar-refractivity contribution in [1.29, 1.82) is 0 Å². The van der Waals surface area contributed by atoms with Crippen molar-refractivity contribution in [3.8, 4) is 5.75 Å². The standard InChI is InChI=1S/C22H27ClN2O6/c1-4-5-9-31-21-19(22(28)24-11-15-7-6-8-17(23)10-15)25(13-18(29-2)30-3)12-16(14-26)20(21)27/h6-8,10,12,14,18H,4-5,9,11,13H2,1-3H3,(H,24,28). The van der Waals surface area contributed by atoms with Crippen LogP contribution in [-0.4, -0.2) is 43.9 Å². The van der Waals surface area contributed by atoms with Gasteiger partial charge < -0.3 is 24.1 Å². The summed E-state index contributed by atoms with van der Waals surface area (Å²) >= 11 is 6.00. The molecule has 0 radical (unpaired) electrons. The molecule has 0 saturated heterocycles. The van der Waals surface area contributed by atoms with Crippen LogP contribution in [0.3, 0.4) is 0 Å². The van der Waals surface area contributed by atoms with Crippen LogP contribution in [0.5, 0.6) is 5.75 Å². The lowest BCUT2D eigenvalue weighted by Gasteiger charge is -2.21. The quantitative estimate of drug-likeness (QED) is 0.303. The van der Waals surface area contributed by atoms with Crippen LogP contribution in [0.1, 0.15) is 46.2 Å². The number of methoxy groups -OCH3 is 2. The van der Waals surface area contributed by atoms with Gasteiger partial charge in [-0.2, -0.15) is 0 Å². The molecule has 0 aliphatic rings. The molecule has 9 heteroatoms. The van der Waals surface area contributed by atoms with Gasteiger partial charge in [0.15, 0.2) is 24.0 Å². The minimum atomic E-state index is -0.704. The highest BCUT2D eigenvalue weighted by Crippen LogP contribution is 2.18. The largest absolute Gasteiger partial charge is 0.487 e. The first kappa shape index (κ1) is 24.6. The van der Waals surface area contributed by atoms with Crippen molar-refractivity contribution in [3.63, 3.8) is 0 Å². The minimum absolute atomic E-state index is 0.00664. The van der Waals surface area contributed by atoms with E-state index in [-0.39, 0.29) is 36.7 Å². The van der Waals surface area contributed by atoms with Crippen molar-refractivity contribution >= 4 is 23.8 Å². The molecule has 168 valence electrons. The third kappa shape index (κ3) is 6.65. The third-order valence-electron chi connectivity index (χ3n) is 4.57. The van der Waals surface area contributed by atoms with Gasteiger partial charge in [-0.15, -0.1) is 0 Å². The highest BCUT2D eigenvalue weighted by Gasteiger charge is 2.24. The highest BCUT2D eigenvalue weighted by molar-refractivity contribution is 6.30. The van der Waals surface area contributed by atoms with Crippen LogP contribution in [0.2, 0.25) is 5.02 Å². The Labute approximate surface area is 186 Å². The number of amides is 1. The second kappa shape index (κ2) is 12.2. The van der Waals surface area contributed by atoms with Crippen LogP contribution in [0, 0.1) is 0 Å². The molecule has 1 aromatic carbocycles. The number of hydrogen-bond donors (Lipinski definition) is 1. The fraction of sp³-hybridized carbons (Fsp3) is 0.409. The summed E-state index contributed by atoms with van der Waals surface area (Å²) in [5.74, 6) is -0.709. The van der Waals surface area contributed by atoms with Crippen LogP contribution in [0.15, 0.2) is 35.3 Å². The van der Waals surface area contributed by atoms with E-state index in [4.69, 9.17) is 25.8 Å². The molecule has 1 heterocycles. The zero-order chi connectivity index (χ0) is 22.8. The number of hydrogen-bond acceptors (Lipinski definition) is 6. The van der Waals surface area contributed by atoms with E-state index in [9.17, 15) is 14.4 Å². The molecule has 31 heavy (non-hydrogen) atoms. The van der Waals surface area contributed by atoms with Crippen molar-refractivity contribution in [2.75, 3.05) is 20.8 Å². The maximum Gasteiger partial charge on any atom is 0.272 e. The molecule has 0 atom stereocenters. The van der Waals surface area contributed by atoms with Gasteiger partial charge in [-0.25, -0.2) is 0 Å². The van der Waals surface area contributed by atoms with Gasteiger partial charge in [-0.3, -0.25) is 14.4 Å². The molecular formula is C22H27ClN2O6. The van der Waals surface area contributed by atoms with E-state index in [1.807, 2.05) is 13.0 Å². The Kier molecular flexibility index (Phi) is 9.71. The monoisotopic (exact) mass is 450 g/mol. The summed E-state index contributed by atoms with van der Waals surface area (Å²) in [4.78, 5) is 37.4. The predicted octanol–water partition coefficient (Wildman–Crippen LogP) is 3.04. The van der Waals surface area contributed by atoms with Crippen molar-refractivity contribution < 1.29 is 23.8 Å². The molecule has 2 aromatic rings. The second-order valence-electron chi connectivity index (χ2n) is 6.78. The van der Waals surface area contributed by atoms with Crippen molar-refractivity contribution in [3.05, 3.63) is 62.5 Å². The summed E-state index contributed by atoms with van der Waals surface area (Å²) in [5.41, 5.74) is 0.0256. The van der Waals surface area contributed by atoms with E-state index >= 15 is 0 Å². The summed E-state index contributed by atoms with van der Waals surface area (Å²) in [6.45, 7) is 2.47. The molecule has 8 nitrogen and oxygen atoms in total. The number of carbonyl (C=O) groups is 2. The number of aromatic nitrogens is 1. The van der Waals surface area contributed by atoms with Crippen LogP contribution in [0.4, 0.5) is 0 Å². The van der Waals surface area contributed by atoms with Gasteiger partial charge in [0.25, 0.3) is 5.91 Å². The second-order valence-corrected chi connectivity index (χ2v) is 7.21. The van der Waals surface area contributed by atoms with Gasteiger partial charge in [0.1, 0.15) is 0 Å². The smallest absolute Gasteiger partial charge is 0.272 e. The Bertz CT molecular complexity index is 956. The fourth-order valence-electron chi connectivity index (χ4n) is 2.89. The van der Waals surface area contributed by atoms with Crippen LogP contribution < -0.4 is 15.5 Å². The first-order chi connectivity index (χ1) is 14.9. The normalized spacial score (nSPS) is 10.9. The number of rotatable bonds is 12. The Morgan fingerprint density at radius 1 is 1.29 bits per heavy atom. The fourth-order valence-corrected chi connectivity index (χ4v) is 3.11. The molecule has 0 bridgehead atoms. The Balaban J connectivity index is 2.47. The number of nitrogens with zero attached hydrogens (tertiary/aromatic N) is 1. The Hall–Kier alpha value is -2.68. The number of pyridine rings is 1. The Morgan fingerprint density at radius 3 is 2.65 bits per heavy atom. The first-order valence-electron chi connectivity index (χ1n) is 9.88. The van der Waals surface area contributed by atoms with E-state index in [0.29, 0.717) is 17.7 Å². The molecule has 0 aliphatic heterocycles. The van der Waals surface area contributed by atoms with E-state index < -0.39 is 17.6 Å². The number of benzene rings is 1. The Morgan fingerprint density at radius 2 is 2.03 bits per heavy atom. The lowest BCUT2D eigenvalue weighted by molar-refractivity contribution is -0.111. The van der Waals surface area contributed by atoms with E-state index in [0.717, 1.165) is 12.0 Å². The lowest BCUT2D eigenvalue weighted by Crippen LogP contribution is -2.33. The molecule has 0 fully saturated rings. The molecule has 0 unspecified atom stereocenters. The zero-order valence-corrected chi connectivity index (χ0v) is 18.6. The number of ether oxygens (including phenoxy) is 3. The van der Waals surface area contributed by atoms with Gasteiger partial charge in [-0.1, -0.05) is 37.1 Å². The topological polar surface area (TPSA) is 95.9 Å². The molecule has 0 aliphatic carbocycles. The SMILES string of the molecule is CCCCOc1c(C(=O)NCc2cccc(Cl)c2)n(CC(OC)OC)cc(C=O)c1=O. The molecule has 1 aromatic heterocycles. The summed E-state index contributed by atoms with van der Waals surface area (Å²) in [7, 11) is 2.91. The lowest BCUT2D eigenvalue weighted by atomic mass is 10.2. The van der Waals surface area contributed by atoms with Crippen molar-refractivity contribution in [1.82, 2.24) is 9.88 Å². The van der Waals surface area contributed by atoms with Gasteiger partial charge in [0.2, 0.25) is 5.43 Å². The first-order valence-corrected chi connectivity index (χ1v) is 10.3. The highest BCUT2D eigenvalue weighted by atomic mass is 35.5. The van der Waals surface area contributed by atoms with Crippen LogP contribution in [-0.2, 0) is 22.6 Å². The molecule has 1 amide bonds. The summed E-state index contributed by atoms with van der Waals surface area (Å²) in [6, 6.07) is 7.06. The predicted molar refractivity (Wildman–Crippen MR) is 117 cm³/mol. The third-order valence-corrected chi connectivity index (χ3v) is 4.80. The van der Waals surface area contributed by atoms with Crippen LogP contribution in [0.25, 0.3) is 0 Å². The molecule has 0 saturated carbocycles. The summed E-state index contributed by atoms with van der Waals surface area (Å²) < 4.78 is 17.6. The van der Waals surface area contributed by atoms with Gasteiger partial charge in [0.05, 0.1) is 18.7 Å². The average Bonchev–Trinajstić information content (AvgIpc) is 2.77. The number of carbonyl (C=O) groups excluding carboxylic acids is 2. The maximum absolute atomic E-state index is 13.1. The van der Waals surface area contributed by atoms with E-state index in [1.165, 1.54) is 25.0 Å².